The van der Waals surface area contributed by atoms with Crippen molar-refractivity contribution in [1.29, 1.82) is 0 Å². The van der Waals surface area contributed by atoms with Gasteiger partial charge in [-0.25, -0.2) is 9.78 Å². The predicted octanol–water partition coefficient (Wildman–Crippen LogP) is 3.33. The van der Waals surface area contributed by atoms with E-state index in [-0.39, 0.29) is 36.1 Å². The van der Waals surface area contributed by atoms with E-state index < -0.39 is 11.9 Å². The van der Waals surface area contributed by atoms with Gasteiger partial charge in [0.15, 0.2) is 0 Å². The molecule has 0 unspecified atom stereocenters. The lowest BCUT2D eigenvalue weighted by Crippen LogP contribution is -2.33. The third-order valence-electron chi connectivity index (χ3n) is 4.13. The summed E-state index contributed by atoms with van der Waals surface area (Å²) in [7, 11) is 3.28. The van der Waals surface area contributed by atoms with Gasteiger partial charge in [-0.05, 0) is 24.3 Å². The SMILES string of the molecule is CN(C)C(=O)CCNC(=O)Nc1c(C(=O)Nc2ccc(Cl)cn2)oc2ccccc12. The Morgan fingerprint density at radius 2 is 1.87 bits per heavy atom. The molecule has 3 rings (SSSR count). The van der Waals surface area contributed by atoms with Gasteiger partial charge in [-0.2, -0.15) is 0 Å². The molecule has 0 aliphatic carbocycles. The van der Waals surface area contributed by atoms with Gasteiger partial charge in [0.2, 0.25) is 11.7 Å². The highest BCUT2D eigenvalue weighted by atomic mass is 35.5. The first-order valence-corrected chi connectivity index (χ1v) is 9.42. The minimum absolute atomic E-state index is 0.0764. The average molecular weight is 430 g/mol. The van der Waals surface area contributed by atoms with E-state index in [1.807, 2.05) is 0 Å². The fourth-order valence-electron chi connectivity index (χ4n) is 2.62. The summed E-state index contributed by atoms with van der Waals surface area (Å²) in [4.78, 5) is 42.2. The first kappa shape index (κ1) is 21.1. The van der Waals surface area contributed by atoms with Crippen LogP contribution in [0.4, 0.5) is 16.3 Å². The van der Waals surface area contributed by atoms with Gasteiger partial charge in [0.25, 0.3) is 5.91 Å². The van der Waals surface area contributed by atoms with E-state index in [0.29, 0.717) is 16.0 Å². The van der Waals surface area contributed by atoms with E-state index in [1.165, 1.54) is 11.1 Å². The van der Waals surface area contributed by atoms with E-state index in [9.17, 15) is 14.4 Å². The second-order valence-electron chi connectivity index (χ2n) is 6.54. The van der Waals surface area contributed by atoms with Crippen molar-refractivity contribution in [2.24, 2.45) is 0 Å². The van der Waals surface area contributed by atoms with Gasteiger partial charge in [-0.15, -0.1) is 0 Å². The maximum absolute atomic E-state index is 12.7. The molecule has 3 aromatic rings. The summed E-state index contributed by atoms with van der Waals surface area (Å²) < 4.78 is 5.66. The highest BCUT2D eigenvalue weighted by molar-refractivity contribution is 6.30. The third-order valence-corrected chi connectivity index (χ3v) is 4.36. The Balaban J connectivity index is 1.77. The van der Waals surface area contributed by atoms with Crippen LogP contribution in [-0.2, 0) is 4.79 Å². The molecule has 0 aliphatic heterocycles. The zero-order valence-electron chi connectivity index (χ0n) is 16.4. The number of nitrogens with zero attached hydrogens (tertiary/aromatic N) is 2. The van der Waals surface area contributed by atoms with Crippen LogP contribution in [-0.4, -0.2) is 48.4 Å². The number of rotatable bonds is 6. The molecule has 0 saturated heterocycles. The number of fused-ring (bicyclic) bond motifs is 1. The van der Waals surface area contributed by atoms with Crippen LogP contribution in [0.3, 0.4) is 0 Å². The number of benzene rings is 1. The first-order chi connectivity index (χ1) is 14.3. The van der Waals surface area contributed by atoms with Crippen LogP contribution < -0.4 is 16.0 Å². The molecule has 2 aromatic heterocycles. The van der Waals surface area contributed by atoms with Gasteiger partial charge in [-0.1, -0.05) is 23.7 Å². The van der Waals surface area contributed by atoms with E-state index in [0.717, 1.165) is 0 Å². The number of hydrogen-bond acceptors (Lipinski definition) is 5. The van der Waals surface area contributed by atoms with Crippen molar-refractivity contribution < 1.29 is 18.8 Å². The zero-order valence-corrected chi connectivity index (χ0v) is 17.1. The molecular formula is C20H20ClN5O4. The molecular weight excluding hydrogens is 410 g/mol. The summed E-state index contributed by atoms with van der Waals surface area (Å²) in [6.45, 7) is 0.148. The monoisotopic (exact) mass is 429 g/mol. The van der Waals surface area contributed by atoms with E-state index >= 15 is 0 Å². The number of amides is 4. The Labute approximate surface area is 177 Å². The van der Waals surface area contributed by atoms with Crippen LogP contribution in [0.25, 0.3) is 11.0 Å². The Bertz CT molecular complexity index is 1080. The number of para-hydroxylation sites is 1. The van der Waals surface area contributed by atoms with Crippen LogP contribution in [0.15, 0.2) is 47.0 Å². The number of urea groups is 1. The number of pyridine rings is 1. The summed E-state index contributed by atoms with van der Waals surface area (Å²) in [5, 5.41) is 8.84. The van der Waals surface area contributed by atoms with Crippen LogP contribution >= 0.6 is 11.6 Å². The Hall–Kier alpha value is -3.59. The number of carbonyl (C=O) groups excluding carboxylic acids is 3. The van der Waals surface area contributed by atoms with Crippen LogP contribution in [0.1, 0.15) is 17.0 Å². The van der Waals surface area contributed by atoms with Crippen molar-refractivity contribution in [3.05, 3.63) is 53.4 Å². The lowest BCUT2D eigenvalue weighted by Gasteiger charge is -2.11. The smallest absolute Gasteiger partial charge is 0.319 e. The molecule has 4 amide bonds. The summed E-state index contributed by atoms with van der Waals surface area (Å²) in [6.07, 6.45) is 1.56. The number of halogens is 1. The largest absolute Gasteiger partial charge is 0.449 e. The van der Waals surface area contributed by atoms with E-state index in [2.05, 4.69) is 20.9 Å². The maximum Gasteiger partial charge on any atom is 0.319 e. The second-order valence-corrected chi connectivity index (χ2v) is 6.97. The number of anilines is 2. The molecule has 9 nitrogen and oxygen atoms in total. The Morgan fingerprint density at radius 3 is 2.57 bits per heavy atom. The maximum atomic E-state index is 12.7. The minimum atomic E-state index is -0.584. The summed E-state index contributed by atoms with van der Waals surface area (Å²) in [5.74, 6) is -0.492. The number of aromatic nitrogens is 1. The van der Waals surface area contributed by atoms with Gasteiger partial charge in [0, 0.05) is 38.6 Å². The van der Waals surface area contributed by atoms with Crippen molar-refractivity contribution in [1.82, 2.24) is 15.2 Å². The summed E-state index contributed by atoms with van der Waals surface area (Å²) >= 11 is 5.81. The highest BCUT2D eigenvalue weighted by Crippen LogP contribution is 2.31. The molecule has 0 radical (unpaired) electrons. The first-order valence-electron chi connectivity index (χ1n) is 9.04. The van der Waals surface area contributed by atoms with Crippen molar-refractivity contribution >= 4 is 51.9 Å². The molecule has 156 valence electrons. The fourth-order valence-corrected chi connectivity index (χ4v) is 2.73. The number of carbonyl (C=O) groups is 3. The average Bonchev–Trinajstić information content (AvgIpc) is 3.08. The molecule has 0 fully saturated rings. The van der Waals surface area contributed by atoms with Crippen molar-refractivity contribution in [3.8, 4) is 0 Å². The Morgan fingerprint density at radius 1 is 1.10 bits per heavy atom. The zero-order chi connectivity index (χ0) is 21.7. The standard InChI is InChI=1S/C20H20ClN5O4/c1-26(2)16(27)9-10-22-20(29)25-17-13-5-3-4-6-14(13)30-18(17)19(28)24-15-8-7-12(21)11-23-15/h3-8,11H,9-10H2,1-2H3,(H2,22,25,29)(H,23,24,28). The van der Waals surface area contributed by atoms with Crippen molar-refractivity contribution in [2.45, 2.75) is 6.42 Å². The van der Waals surface area contributed by atoms with Crippen molar-refractivity contribution in [3.63, 3.8) is 0 Å². The molecule has 0 spiro atoms. The molecule has 2 heterocycles. The molecule has 3 N–H and O–H groups in total. The second kappa shape index (κ2) is 9.27. The normalized spacial score (nSPS) is 10.5. The predicted molar refractivity (Wildman–Crippen MR) is 114 cm³/mol. The molecule has 1 aromatic carbocycles. The van der Waals surface area contributed by atoms with Gasteiger partial charge < -0.3 is 25.3 Å². The molecule has 10 heteroatoms. The van der Waals surface area contributed by atoms with E-state index in [4.69, 9.17) is 16.0 Å². The topological polar surface area (TPSA) is 117 Å². The molecule has 0 aliphatic rings. The third kappa shape index (κ3) is 5.06. The van der Waals surface area contributed by atoms with E-state index in [1.54, 1.807) is 50.5 Å². The molecule has 0 bridgehead atoms. The number of furan rings is 1. The molecule has 30 heavy (non-hydrogen) atoms. The van der Waals surface area contributed by atoms with Crippen LogP contribution in [0.5, 0.6) is 0 Å². The van der Waals surface area contributed by atoms with Gasteiger partial charge in [-0.3, -0.25) is 9.59 Å². The summed E-state index contributed by atoms with van der Waals surface area (Å²) in [5.41, 5.74) is 0.651. The lowest BCUT2D eigenvalue weighted by molar-refractivity contribution is -0.128. The molecule has 0 atom stereocenters. The summed E-state index contributed by atoms with van der Waals surface area (Å²) in [6, 6.07) is 9.50. The van der Waals surface area contributed by atoms with Gasteiger partial charge in [0.1, 0.15) is 17.1 Å². The van der Waals surface area contributed by atoms with Gasteiger partial charge >= 0.3 is 6.03 Å². The quantitative estimate of drug-likeness (QED) is 0.555. The van der Waals surface area contributed by atoms with Crippen molar-refractivity contribution in [2.75, 3.05) is 31.3 Å². The number of nitrogens with one attached hydrogen (secondary N) is 3. The molecule has 0 saturated carbocycles. The van der Waals surface area contributed by atoms with Crippen LogP contribution in [0, 0.1) is 0 Å². The van der Waals surface area contributed by atoms with Gasteiger partial charge in [0.05, 0.1) is 5.02 Å². The minimum Gasteiger partial charge on any atom is -0.449 e. The highest BCUT2D eigenvalue weighted by Gasteiger charge is 2.22. The number of hydrogen-bond donors (Lipinski definition) is 3. The fraction of sp³-hybridized carbons (Fsp3) is 0.200. The lowest BCUT2D eigenvalue weighted by atomic mass is 10.2. The van der Waals surface area contributed by atoms with Crippen LogP contribution in [0.2, 0.25) is 5.02 Å². The Kier molecular flexibility index (Phi) is 6.53.